The first-order chi connectivity index (χ1) is 23.6. The van der Waals surface area contributed by atoms with E-state index < -0.39 is 18.6 Å². The molecule has 4 aromatic carbocycles. The molecule has 248 valence electrons. The van der Waals surface area contributed by atoms with Gasteiger partial charge in [-0.05, 0) is 91.4 Å². The highest BCUT2D eigenvalue weighted by Gasteiger charge is 2.31. The summed E-state index contributed by atoms with van der Waals surface area (Å²) in [6.07, 6.45) is 1.18. The lowest BCUT2D eigenvalue weighted by atomic mass is 9.91. The molecule has 1 atom stereocenters. The average molecular weight is 665 g/mol. The topological polar surface area (TPSA) is 146 Å². The number of aromatic nitrogens is 2. The molecule has 1 fully saturated rings. The molecule has 2 N–H and O–H groups in total. The zero-order valence-corrected chi connectivity index (χ0v) is 26.5. The van der Waals surface area contributed by atoms with Gasteiger partial charge in [0.2, 0.25) is 11.8 Å². The van der Waals surface area contributed by atoms with E-state index in [-0.39, 0.29) is 35.9 Å². The van der Waals surface area contributed by atoms with Crippen LogP contribution in [-0.2, 0) is 17.9 Å². The van der Waals surface area contributed by atoms with Crippen LogP contribution in [0.2, 0.25) is 0 Å². The van der Waals surface area contributed by atoms with Crippen LogP contribution in [0, 0.1) is 25.2 Å². The van der Waals surface area contributed by atoms with Crippen molar-refractivity contribution in [1.82, 2.24) is 14.9 Å². The highest BCUT2D eigenvalue weighted by Crippen LogP contribution is 2.39. The van der Waals surface area contributed by atoms with Crippen molar-refractivity contribution < 1.29 is 37.4 Å². The van der Waals surface area contributed by atoms with E-state index in [1.54, 1.807) is 23.1 Å². The van der Waals surface area contributed by atoms with Crippen LogP contribution in [0.1, 0.15) is 40.7 Å². The van der Waals surface area contributed by atoms with Crippen molar-refractivity contribution in [3.05, 3.63) is 88.5 Å². The van der Waals surface area contributed by atoms with Crippen molar-refractivity contribution in [2.24, 2.45) is 0 Å². The van der Waals surface area contributed by atoms with Crippen LogP contribution in [-0.4, -0.2) is 50.2 Å². The number of aliphatic hydroxyl groups is 1. The minimum Gasteiger partial charge on any atom is -0.480 e. The standard InChI is InChI=1S/C37H30F2N4O6/c1-19-24(25-7-4-9-27(20(25)2)35-42-29-13-21(18-44)12-22(16-40)33(29)49-35)6-3-8-26(19)34-41-28-14-23(17-43-11-5-10-30(43)36(45)46)31(48-37(38)39)15-32(28)47-34/h3-4,6-9,12-15,30,37,44H,5,10-11,17-18H2,1-2H3,(H,45,46)/t30-/m0/s1. The number of aliphatic carboxylic acids is 1. The number of oxazole rings is 2. The lowest BCUT2D eigenvalue weighted by molar-refractivity contribution is -0.142. The van der Waals surface area contributed by atoms with Crippen LogP contribution in [0.25, 0.3) is 56.2 Å². The molecular formula is C37H30F2N4O6. The van der Waals surface area contributed by atoms with E-state index >= 15 is 0 Å². The Morgan fingerprint density at radius 2 is 1.65 bits per heavy atom. The van der Waals surface area contributed by atoms with Crippen molar-refractivity contribution in [2.45, 2.75) is 52.5 Å². The number of nitriles is 1. The molecule has 3 heterocycles. The predicted molar refractivity (Wildman–Crippen MR) is 176 cm³/mol. The minimum atomic E-state index is -3.08. The Labute approximate surface area is 278 Å². The molecule has 0 spiro atoms. The Hall–Kier alpha value is -5.64. The van der Waals surface area contributed by atoms with Gasteiger partial charge in [-0.2, -0.15) is 14.0 Å². The first kappa shape index (κ1) is 31.9. The molecule has 1 aliphatic rings. The molecule has 49 heavy (non-hydrogen) atoms. The SMILES string of the molecule is Cc1c(-c2nc3cc(CN4CCC[C@H]4C(=O)O)c(OC(F)F)cc3o2)cccc1-c1cccc(-c2nc3cc(CO)cc(C#N)c3o2)c1C. The molecule has 12 heteroatoms. The average Bonchev–Trinajstić information content (AvgIpc) is 3.83. The number of hydrogen-bond donors (Lipinski definition) is 2. The van der Waals surface area contributed by atoms with Crippen molar-refractivity contribution in [2.75, 3.05) is 6.54 Å². The van der Waals surface area contributed by atoms with Gasteiger partial charge in [-0.15, -0.1) is 0 Å². The van der Waals surface area contributed by atoms with Crippen LogP contribution in [0.3, 0.4) is 0 Å². The van der Waals surface area contributed by atoms with E-state index in [1.165, 1.54) is 6.07 Å². The van der Waals surface area contributed by atoms with Crippen LogP contribution in [0.4, 0.5) is 8.78 Å². The number of benzene rings is 4. The largest absolute Gasteiger partial charge is 0.480 e. The second-order valence-electron chi connectivity index (χ2n) is 12.0. The van der Waals surface area contributed by atoms with Gasteiger partial charge in [-0.1, -0.05) is 24.3 Å². The van der Waals surface area contributed by atoms with Crippen LogP contribution < -0.4 is 4.74 Å². The molecule has 6 aromatic rings. The molecule has 2 aromatic heterocycles. The number of likely N-dealkylation sites (tertiary alicyclic amines) is 1. The monoisotopic (exact) mass is 664 g/mol. The molecule has 0 unspecified atom stereocenters. The molecule has 0 bridgehead atoms. The van der Waals surface area contributed by atoms with Gasteiger partial charge in [0.25, 0.3) is 0 Å². The second-order valence-corrected chi connectivity index (χ2v) is 12.0. The third kappa shape index (κ3) is 5.88. The molecular weight excluding hydrogens is 634 g/mol. The number of fused-ring (bicyclic) bond motifs is 2. The fraction of sp³-hybridized carbons (Fsp3) is 0.243. The Kier molecular flexibility index (Phi) is 8.32. The van der Waals surface area contributed by atoms with E-state index in [9.17, 15) is 29.1 Å². The van der Waals surface area contributed by atoms with Crippen molar-refractivity contribution in [3.63, 3.8) is 0 Å². The number of nitrogens with zero attached hydrogens (tertiary/aromatic N) is 4. The number of carboxylic acid groups (broad SMARTS) is 1. The van der Waals surface area contributed by atoms with E-state index in [2.05, 4.69) is 11.1 Å². The van der Waals surface area contributed by atoms with E-state index in [4.69, 9.17) is 18.6 Å². The number of rotatable bonds is 9. The number of carbonyl (C=O) groups is 1. The van der Waals surface area contributed by atoms with E-state index in [0.717, 1.165) is 27.8 Å². The Bertz CT molecular complexity index is 2290. The van der Waals surface area contributed by atoms with Gasteiger partial charge in [-0.3, -0.25) is 9.69 Å². The quantitative estimate of drug-likeness (QED) is 0.158. The van der Waals surface area contributed by atoms with E-state index in [1.807, 2.05) is 50.2 Å². The van der Waals surface area contributed by atoms with Crippen LogP contribution in [0.5, 0.6) is 5.75 Å². The highest BCUT2D eigenvalue weighted by molar-refractivity contribution is 5.86. The summed E-state index contributed by atoms with van der Waals surface area (Å²) in [5.74, 6) is -0.410. The molecule has 10 nitrogen and oxygen atoms in total. The lowest BCUT2D eigenvalue weighted by Crippen LogP contribution is -2.35. The fourth-order valence-corrected chi connectivity index (χ4v) is 6.66. The van der Waals surface area contributed by atoms with Gasteiger partial charge in [-0.25, -0.2) is 9.97 Å². The number of halogens is 2. The van der Waals surface area contributed by atoms with Crippen molar-refractivity contribution in [3.8, 4) is 45.9 Å². The number of carboxylic acids is 1. The summed E-state index contributed by atoms with van der Waals surface area (Å²) >= 11 is 0. The highest BCUT2D eigenvalue weighted by atomic mass is 19.3. The molecule has 1 aliphatic heterocycles. The number of alkyl halides is 2. The maximum atomic E-state index is 13.4. The summed E-state index contributed by atoms with van der Waals surface area (Å²) in [4.78, 5) is 22.8. The molecule has 1 saturated heterocycles. The molecule has 0 radical (unpaired) electrons. The predicted octanol–water partition coefficient (Wildman–Crippen LogP) is 7.60. The summed E-state index contributed by atoms with van der Waals surface area (Å²) in [6.45, 7) is 1.23. The van der Waals surface area contributed by atoms with Crippen molar-refractivity contribution in [1.29, 1.82) is 5.26 Å². The summed E-state index contributed by atoms with van der Waals surface area (Å²) < 4.78 is 43.9. The van der Waals surface area contributed by atoms with Gasteiger partial charge < -0.3 is 23.8 Å². The summed E-state index contributed by atoms with van der Waals surface area (Å²) in [5.41, 5.74) is 7.72. The molecule has 0 saturated carbocycles. The Morgan fingerprint density at radius 1 is 1.00 bits per heavy atom. The summed E-state index contributed by atoms with van der Waals surface area (Å²) in [5, 5.41) is 28.9. The fourth-order valence-electron chi connectivity index (χ4n) is 6.66. The summed E-state index contributed by atoms with van der Waals surface area (Å²) in [7, 11) is 0. The normalized spacial score (nSPS) is 15.0. The van der Waals surface area contributed by atoms with E-state index in [0.29, 0.717) is 58.6 Å². The number of ether oxygens (including phenoxy) is 1. The van der Waals surface area contributed by atoms with Gasteiger partial charge >= 0.3 is 12.6 Å². The Morgan fingerprint density at radius 3 is 2.29 bits per heavy atom. The molecule has 0 aliphatic carbocycles. The van der Waals surface area contributed by atoms with Gasteiger partial charge in [0, 0.05) is 29.3 Å². The zero-order chi connectivity index (χ0) is 34.4. The third-order valence-corrected chi connectivity index (χ3v) is 9.08. The maximum Gasteiger partial charge on any atom is 0.387 e. The number of hydrogen-bond acceptors (Lipinski definition) is 9. The first-order valence-electron chi connectivity index (χ1n) is 15.6. The van der Waals surface area contributed by atoms with Crippen LogP contribution in [0.15, 0.2) is 69.5 Å². The smallest absolute Gasteiger partial charge is 0.387 e. The third-order valence-electron chi connectivity index (χ3n) is 9.08. The number of aliphatic hydroxyl groups excluding tert-OH is 1. The van der Waals surface area contributed by atoms with Crippen molar-refractivity contribution >= 4 is 28.2 Å². The molecule has 7 rings (SSSR count). The zero-order valence-electron chi connectivity index (χ0n) is 26.5. The van der Waals surface area contributed by atoms with Crippen LogP contribution >= 0.6 is 0 Å². The first-order valence-corrected chi connectivity index (χ1v) is 15.6. The minimum absolute atomic E-state index is 0.0900. The summed E-state index contributed by atoms with van der Waals surface area (Å²) in [6, 6.07) is 19.2. The van der Waals surface area contributed by atoms with Gasteiger partial charge in [0.1, 0.15) is 28.9 Å². The van der Waals surface area contributed by atoms with Gasteiger partial charge in [0.15, 0.2) is 11.2 Å². The molecule has 0 amide bonds. The maximum absolute atomic E-state index is 13.4. The lowest BCUT2D eigenvalue weighted by Gasteiger charge is -2.22. The second kappa shape index (κ2) is 12.8. The van der Waals surface area contributed by atoms with Gasteiger partial charge in [0.05, 0.1) is 12.2 Å². The Balaban J connectivity index is 1.27.